The fraction of sp³-hybridized carbons (Fsp3) is 0.438. The minimum absolute atomic E-state index is 0.489. The Bertz CT molecular complexity index is 540. The average molecular weight is 289 g/mol. The lowest BCUT2D eigenvalue weighted by Crippen LogP contribution is -2.07. The fourth-order valence-electron chi connectivity index (χ4n) is 2.01. The first-order chi connectivity index (χ1) is 10.3. The van der Waals surface area contributed by atoms with E-state index in [2.05, 4.69) is 12.0 Å². The summed E-state index contributed by atoms with van der Waals surface area (Å²) in [6.07, 6.45) is 5.56. The summed E-state index contributed by atoms with van der Waals surface area (Å²) >= 11 is 0. The molecule has 1 heterocycles. The maximum Gasteiger partial charge on any atom is 0.157 e. The van der Waals surface area contributed by atoms with Gasteiger partial charge in [-0.15, -0.1) is 0 Å². The molecule has 0 saturated heterocycles. The van der Waals surface area contributed by atoms with Gasteiger partial charge in [-0.2, -0.15) is 5.10 Å². The first-order valence-electron chi connectivity index (χ1n) is 7.39. The number of aryl methyl sites for hydroxylation is 1. The largest absolute Gasteiger partial charge is 0.493 e. The van der Waals surface area contributed by atoms with E-state index < -0.39 is 0 Å². The van der Waals surface area contributed by atoms with Crippen molar-refractivity contribution in [3.05, 3.63) is 42.2 Å². The molecule has 1 aromatic carbocycles. The summed E-state index contributed by atoms with van der Waals surface area (Å²) in [7, 11) is 0. The van der Waals surface area contributed by atoms with Gasteiger partial charge in [-0.25, -0.2) is 0 Å². The molecule has 2 rings (SSSR count). The summed E-state index contributed by atoms with van der Waals surface area (Å²) in [5.74, 6) is 1.67. The van der Waals surface area contributed by atoms with E-state index in [1.54, 1.807) is 6.20 Å². The molecule has 1 aromatic heterocycles. The molecule has 0 aliphatic heterocycles. The minimum Gasteiger partial charge on any atom is -0.493 e. The van der Waals surface area contributed by atoms with E-state index in [0.29, 0.717) is 19.8 Å². The summed E-state index contributed by atoms with van der Waals surface area (Å²) in [5.41, 5.74) is 6.70. The van der Waals surface area contributed by atoms with Crippen LogP contribution in [0.4, 0.5) is 0 Å². The van der Waals surface area contributed by atoms with Crippen LogP contribution in [0.5, 0.6) is 11.5 Å². The molecule has 0 fully saturated rings. The zero-order valence-electron chi connectivity index (χ0n) is 12.5. The van der Waals surface area contributed by atoms with Gasteiger partial charge in [0.1, 0.15) is 5.75 Å². The van der Waals surface area contributed by atoms with Crippen molar-refractivity contribution < 1.29 is 9.47 Å². The van der Waals surface area contributed by atoms with Crippen LogP contribution in [-0.2, 0) is 13.1 Å². The van der Waals surface area contributed by atoms with Crippen molar-refractivity contribution in [1.82, 2.24) is 9.78 Å². The zero-order chi connectivity index (χ0) is 14.9. The fourth-order valence-corrected chi connectivity index (χ4v) is 2.01. The standard InChI is InChI=1S/C16H23N3O2/c1-2-8-19-13-15(12-18-19)20-9-5-10-21-16-7-4-3-6-14(16)11-17/h3-4,6-7,12-13H,2,5,8-11,17H2,1H3. The first kappa shape index (κ1) is 15.4. The van der Waals surface area contributed by atoms with Crippen molar-refractivity contribution in [3.63, 3.8) is 0 Å². The zero-order valence-corrected chi connectivity index (χ0v) is 12.5. The highest BCUT2D eigenvalue weighted by molar-refractivity contribution is 5.32. The predicted molar refractivity (Wildman–Crippen MR) is 82.5 cm³/mol. The van der Waals surface area contributed by atoms with E-state index in [1.165, 1.54) is 0 Å². The number of hydrogen-bond donors (Lipinski definition) is 1. The van der Waals surface area contributed by atoms with Crippen LogP contribution in [-0.4, -0.2) is 23.0 Å². The lowest BCUT2D eigenvalue weighted by Gasteiger charge is -2.10. The molecule has 0 unspecified atom stereocenters. The molecular formula is C16H23N3O2. The summed E-state index contributed by atoms with van der Waals surface area (Å²) in [4.78, 5) is 0. The minimum atomic E-state index is 0.489. The highest BCUT2D eigenvalue weighted by atomic mass is 16.5. The quantitative estimate of drug-likeness (QED) is 0.721. The van der Waals surface area contributed by atoms with Crippen molar-refractivity contribution in [1.29, 1.82) is 0 Å². The molecule has 5 nitrogen and oxygen atoms in total. The Morgan fingerprint density at radius 2 is 2.00 bits per heavy atom. The van der Waals surface area contributed by atoms with E-state index in [0.717, 1.165) is 36.4 Å². The van der Waals surface area contributed by atoms with Gasteiger partial charge in [-0.05, 0) is 12.5 Å². The number of rotatable bonds is 9. The molecular weight excluding hydrogens is 266 g/mol. The van der Waals surface area contributed by atoms with Crippen LogP contribution in [0.15, 0.2) is 36.7 Å². The van der Waals surface area contributed by atoms with E-state index in [-0.39, 0.29) is 0 Å². The van der Waals surface area contributed by atoms with E-state index in [1.807, 2.05) is 35.1 Å². The number of ether oxygens (including phenoxy) is 2. The molecule has 0 atom stereocenters. The van der Waals surface area contributed by atoms with Gasteiger partial charge in [0.15, 0.2) is 5.75 Å². The summed E-state index contributed by atoms with van der Waals surface area (Å²) in [6, 6.07) is 7.84. The normalized spacial score (nSPS) is 10.6. The highest BCUT2D eigenvalue weighted by Crippen LogP contribution is 2.17. The van der Waals surface area contributed by atoms with E-state index in [4.69, 9.17) is 15.2 Å². The number of nitrogens with two attached hydrogens (primary N) is 1. The van der Waals surface area contributed by atoms with Crippen LogP contribution in [0.2, 0.25) is 0 Å². The molecule has 0 bridgehead atoms. The van der Waals surface area contributed by atoms with Gasteiger partial charge in [0.25, 0.3) is 0 Å². The van der Waals surface area contributed by atoms with Gasteiger partial charge in [0.2, 0.25) is 0 Å². The second kappa shape index (κ2) is 8.32. The van der Waals surface area contributed by atoms with Gasteiger partial charge in [-0.1, -0.05) is 25.1 Å². The van der Waals surface area contributed by atoms with Gasteiger partial charge < -0.3 is 15.2 Å². The predicted octanol–water partition coefficient (Wildman–Crippen LogP) is 2.60. The second-order valence-corrected chi connectivity index (χ2v) is 4.80. The van der Waals surface area contributed by atoms with Crippen molar-refractivity contribution in [2.45, 2.75) is 32.9 Å². The Labute approximate surface area is 125 Å². The molecule has 0 aliphatic carbocycles. The first-order valence-corrected chi connectivity index (χ1v) is 7.39. The number of para-hydroxylation sites is 1. The molecule has 0 amide bonds. The van der Waals surface area contributed by atoms with Crippen LogP contribution in [0.25, 0.3) is 0 Å². The third-order valence-corrected chi connectivity index (χ3v) is 3.07. The van der Waals surface area contributed by atoms with Crippen molar-refractivity contribution in [2.24, 2.45) is 5.73 Å². The van der Waals surface area contributed by atoms with Crippen molar-refractivity contribution in [2.75, 3.05) is 13.2 Å². The van der Waals surface area contributed by atoms with E-state index >= 15 is 0 Å². The summed E-state index contributed by atoms with van der Waals surface area (Å²) in [5, 5.41) is 4.22. The van der Waals surface area contributed by atoms with Gasteiger partial charge in [0, 0.05) is 25.1 Å². The van der Waals surface area contributed by atoms with Crippen molar-refractivity contribution in [3.8, 4) is 11.5 Å². The molecule has 114 valence electrons. The maximum atomic E-state index is 5.73. The number of hydrogen-bond acceptors (Lipinski definition) is 4. The molecule has 0 saturated carbocycles. The molecule has 5 heteroatoms. The molecule has 0 spiro atoms. The Hall–Kier alpha value is -2.01. The summed E-state index contributed by atoms with van der Waals surface area (Å²) in [6.45, 7) is 4.76. The SMILES string of the molecule is CCCn1cc(OCCCOc2ccccc2CN)cn1. The lowest BCUT2D eigenvalue weighted by molar-refractivity contribution is 0.246. The topological polar surface area (TPSA) is 62.3 Å². The van der Waals surface area contributed by atoms with Gasteiger partial charge in [0.05, 0.1) is 25.6 Å². The van der Waals surface area contributed by atoms with Crippen molar-refractivity contribution >= 4 is 0 Å². The monoisotopic (exact) mass is 289 g/mol. The van der Waals surface area contributed by atoms with Crippen LogP contribution in [0.3, 0.4) is 0 Å². The Morgan fingerprint density at radius 1 is 1.19 bits per heavy atom. The average Bonchev–Trinajstić information content (AvgIpc) is 2.95. The lowest BCUT2D eigenvalue weighted by atomic mass is 10.2. The van der Waals surface area contributed by atoms with Gasteiger partial charge in [-0.3, -0.25) is 4.68 Å². The smallest absolute Gasteiger partial charge is 0.157 e. The van der Waals surface area contributed by atoms with Crippen LogP contribution < -0.4 is 15.2 Å². The van der Waals surface area contributed by atoms with E-state index in [9.17, 15) is 0 Å². The third kappa shape index (κ3) is 4.79. The van der Waals surface area contributed by atoms with Crippen LogP contribution in [0.1, 0.15) is 25.3 Å². The number of nitrogens with zero attached hydrogens (tertiary/aromatic N) is 2. The van der Waals surface area contributed by atoms with Crippen LogP contribution in [0, 0.1) is 0 Å². The number of benzene rings is 1. The van der Waals surface area contributed by atoms with Crippen LogP contribution >= 0.6 is 0 Å². The Kier molecular flexibility index (Phi) is 6.09. The molecule has 21 heavy (non-hydrogen) atoms. The summed E-state index contributed by atoms with van der Waals surface area (Å²) < 4.78 is 13.3. The Balaban J connectivity index is 1.67. The second-order valence-electron chi connectivity index (χ2n) is 4.80. The third-order valence-electron chi connectivity index (χ3n) is 3.07. The number of aromatic nitrogens is 2. The maximum absolute atomic E-state index is 5.73. The highest BCUT2D eigenvalue weighted by Gasteiger charge is 2.01. The molecule has 2 N–H and O–H groups in total. The molecule has 0 aliphatic rings. The molecule has 0 radical (unpaired) electrons. The molecule has 2 aromatic rings. The van der Waals surface area contributed by atoms with Gasteiger partial charge >= 0.3 is 0 Å². The Morgan fingerprint density at radius 3 is 2.81 bits per heavy atom.